The van der Waals surface area contributed by atoms with Crippen molar-refractivity contribution < 1.29 is 9.53 Å². The van der Waals surface area contributed by atoms with E-state index in [0.717, 1.165) is 0 Å². The van der Waals surface area contributed by atoms with E-state index in [4.69, 9.17) is 0 Å². The van der Waals surface area contributed by atoms with Crippen LogP contribution in [0.1, 0.15) is 0 Å². The minimum Gasteiger partial charge on any atom is -0.452 e. The van der Waals surface area contributed by atoms with E-state index in [-0.39, 0.29) is 11.1 Å². The number of methoxy groups -OCH3 is 1. The molecule has 0 aliphatic heterocycles. The van der Waals surface area contributed by atoms with Gasteiger partial charge in [0.2, 0.25) is 0 Å². The number of hydrogen-bond acceptors (Lipinski definition) is 4. The zero-order valence-electron chi connectivity index (χ0n) is 8.30. The molecule has 78 valence electrons. The van der Waals surface area contributed by atoms with E-state index >= 15 is 0 Å². The highest BCUT2D eigenvalue weighted by Gasteiger charge is 2.12. The van der Waals surface area contributed by atoms with E-state index in [0.29, 0.717) is 5.52 Å². The SMILES string of the molecule is COC(=O)n1cnc2c(=O)n(C)ccc21. The van der Waals surface area contributed by atoms with Crippen LogP contribution in [-0.4, -0.2) is 27.3 Å². The van der Waals surface area contributed by atoms with E-state index < -0.39 is 6.09 Å². The van der Waals surface area contributed by atoms with Gasteiger partial charge in [-0.15, -0.1) is 0 Å². The Morgan fingerprint density at radius 2 is 2.27 bits per heavy atom. The molecule has 0 radical (unpaired) electrons. The van der Waals surface area contributed by atoms with Crippen LogP contribution in [0.5, 0.6) is 0 Å². The number of ether oxygens (including phenoxy) is 1. The van der Waals surface area contributed by atoms with Crippen molar-refractivity contribution in [3.63, 3.8) is 0 Å². The van der Waals surface area contributed by atoms with Gasteiger partial charge in [0.25, 0.3) is 5.56 Å². The summed E-state index contributed by atoms with van der Waals surface area (Å²) in [4.78, 5) is 26.7. The lowest BCUT2D eigenvalue weighted by Crippen LogP contribution is -2.17. The van der Waals surface area contributed by atoms with Gasteiger partial charge in [-0.25, -0.2) is 14.3 Å². The predicted molar refractivity (Wildman–Crippen MR) is 52.8 cm³/mol. The quantitative estimate of drug-likeness (QED) is 0.625. The molecule has 0 N–H and O–H groups in total. The fourth-order valence-electron chi connectivity index (χ4n) is 1.34. The summed E-state index contributed by atoms with van der Waals surface area (Å²) in [7, 11) is 2.90. The van der Waals surface area contributed by atoms with Crippen LogP contribution in [0, 0.1) is 0 Å². The molecule has 0 aliphatic carbocycles. The van der Waals surface area contributed by atoms with Gasteiger partial charge >= 0.3 is 6.09 Å². The largest absolute Gasteiger partial charge is 0.452 e. The van der Waals surface area contributed by atoms with Crippen molar-refractivity contribution in [1.82, 2.24) is 14.1 Å². The molecular formula is C9H9N3O3. The third-order valence-corrected chi connectivity index (χ3v) is 2.15. The molecule has 2 aromatic heterocycles. The number of imidazole rings is 1. The van der Waals surface area contributed by atoms with Gasteiger partial charge in [-0.05, 0) is 6.07 Å². The molecule has 0 bridgehead atoms. The van der Waals surface area contributed by atoms with Gasteiger partial charge in [-0.1, -0.05) is 0 Å². The zero-order valence-corrected chi connectivity index (χ0v) is 8.30. The van der Waals surface area contributed by atoms with Crippen LogP contribution in [0.3, 0.4) is 0 Å². The standard InChI is InChI=1S/C9H9N3O3/c1-11-4-3-6-7(8(11)13)10-5-12(6)9(14)15-2/h3-5H,1-2H3. The molecule has 0 unspecified atom stereocenters. The van der Waals surface area contributed by atoms with Gasteiger partial charge in [0.15, 0.2) is 5.52 Å². The molecule has 2 heterocycles. The van der Waals surface area contributed by atoms with E-state index in [9.17, 15) is 9.59 Å². The molecule has 0 fully saturated rings. The Bertz CT molecular complexity index is 582. The van der Waals surface area contributed by atoms with E-state index in [1.807, 2.05) is 0 Å². The lowest BCUT2D eigenvalue weighted by Gasteiger charge is -2.00. The molecule has 15 heavy (non-hydrogen) atoms. The molecular weight excluding hydrogens is 198 g/mol. The summed E-state index contributed by atoms with van der Waals surface area (Å²) in [5, 5.41) is 0. The Morgan fingerprint density at radius 3 is 2.93 bits per heavy atom. The summed E-state index contributed by atoms with van der Waals surface area (Å²) in [5.74, 6) is 0. The average molecular weight is 207 g/mol. The molecule has 0 aliphatic rings. The van der Waals surface area contributed by atoms with Crippen molar-refractivity contribution >= 4 is 17.1 Å². The second-order valence-electron chi connectivity index (χ2n) is 3.05. The molecule has 0 amide bonds. The Balaban J connectivity index is 2.78. The normalized spacial score (nSPS) is 10.5. The third kappa shape index (κ3) is 1.30. The maximum absolute atomic E-state index is 11.6. The summed E-state index contributed by atoms with van der Waals surface area (Å²) < 4.78 is 7.14. The number of nitrogens with zero attached hydrogens (tertiary/aromatic N) is 3. The first kappa shape index (κ1) is 9.45. The van der Waals surface area contributed by atoms with Crippen LogP contribution < -0.4 is 5.56 Å². The van der Waals surface area contributed by atoms with Crippen molar-refractivity contribution in [3.8, 4) is 0 Å². The van der Waals surface area contributed by atoms with Gasteiger partial charge in [0, 0.05) is 13.2 Å². The van der Waals surface area contributed by atoms with E-state index in [2.05, 4.69) is 9.72 Å². The topological polar surface area (TPSA) is 66.1 Å². The number of carbonyl (C=O) groups excluding carboxylic acids is 1. The molecule has 0 atom stereocenters. The minimum atomic E-state index is -0.564. The number of hydrogen-bond donors (Lipinski definition) is 0. The highest BCUT2D eigenvalue weighted by Crippen LogP contribution is 2.07. The smallest absolute Gasteiger partial charge is 0.419 e. The average Bonchev–Trinajstić information content (AvgIpc) is 2.66. The highest BCUT2D eigenvalue weighted by atomic mass is 16.5. The number of fused-ring (bicyclic) bond motifs is 1. The van der Waals surface area contributed by atoms with E-state index in [1.54, 1.807) is 19.3 Å². The maximum atomic E-state index is 11.6. The fourth-order valence-corrected chi connectivity index (χ4v) is 1.34. The van der Waals surface area contributed by atoms with Crippen molar-refractivity contribution in [2.45, 2.75) is 0 Å². The molecule has 0 spiro atoms. The summed E-state index contributed by atoms with van der Waals surface area (Å²) in [6, 6.07) is 1.64. The number of carbonyl (C=O) groups is 1. The lowest BCUT2D eigenvalue weighted by molar-refractivity contribution is 0.174. The fraction of sp³-hybridized carbons (Fsp3) is 0.222. The number of rotatable bonds is 0. The van der Waals surface area contributed by atoms with Crippen LogP contribution in [-0.2, 0) is 11.8 Å². The van der Waals surface area contributed by atoms with Crippen LogP contribution in [0.15, 0.2) is 23.4 Å². The lowest BCUT2D eigenvalue weighted by atomic mass is 10.4. The van der Waals surface area contributed by atoms with Gasteiger partial charge < -0.3 is 9.30 Å². The number of aromatic nitrogens is 3. The van der Waals surface area contributed by atoms with Gasteiger partial charge in [0.05, 0.1) is 12.6 Å². The molecule has 0 saturated carbocycles. The monoisotopic (exact) mass is 207 g/mol. The Morgan fingerprint density at radius 1 is 1.53 bits per heavy atom. The summed E-state index contributed by atoms with van der Waals surface area (Å²) in [6.07, 6.45) is 2.29. The summed E-state index contributed by atoms with van der Waals surface area (Å²) in [6.45, 7) is 0. The van der Waals surface area contributed by atoms with Crippen LogP contribution in [0.4, 0.5) is 4.79 Å². The van der Waals surface area contributed by atoms with Crippen molar-refractivity contribution in [2.75, 3.05) is 7.11 Å². The zero-order chi connectivity index (χ0) is 11.0. The molecule has 2 aromatic rings. The van der Waals surface area contributed by atoms with Crippen LogP contribution in [0.25, 0.3) is 11.0 Å². The predicted octanol–water partition coefficient (Wildman–Crippen LogP) is 0.349. The second kappa shape index (κ2) is 3.23. The minimum absolute atomic E-state index is 0.241. The highest BCUT2D eigenvalue weighted by molar-refractivity contribution is 5.85. The first-order chi connectivity index (χ1) is 7.15. The number of pyridine rings is 1. The first-order valence-corrected chi connectivity index (χ1v) is 4.26. The molecule has 0 saturated heterocycles. The van der Waals surface area contributed by atoms with Crippen molar-refractivity contribution in [1.29, 1.82) is 0 Å². The molecule has 6 heteroatoms. The first-order valence-electron chi connectivity index (χ1n) is 4.26. The molecule has 6 nitrogen and oxygen atoms in total. The van der Waals surface area contributed by atoms with Crippen molar-refractivity contribution in [2.24, 2.45) is 7.05 Å². The Hall–Kier alpha value is -2.11. The second-order valence-corrected chi connectivity index (χ2v) is 3.05. The molecule has 0 aromatic carbocycles. The molecule has 2 rings (SSSR count). The Labute approximate surface area is 84.7 Å². The summed E-state index contributed by atoms with van der Waals surface area (Å²) in [5.41, 5.74) is 0.463. The van der Waals surface area contributed by atoms with Gasteiger partial charge in [0.1, 0.15) is 6.33 Å². The maximum Gasteiger partial charge on any atom is 0.419 e. The van der Waals surface area contributed by atoms with Crippen LogP contribution >= 0.6 is 0 Å². The van der Waals surface area contributed by atoms with Gasteiger partial charge in [-0.3, -0.25) is 4.79 Å². The number of aryl methyl sites for hydroxylation is 1. The van der Waals surface area contributed by atoms with E-state index in [1.165, 1.54) is 22.6 Å². The van der Waals surface area contributed by atoms with Crippen molar-refractivity contribution in [3.05, 3.63) is 28.9 Å². The Kier molecular flexibility index (Phi) is 2.03. The third-order valence-electron chi connectivity index (χ3n) is 2.15. The van der Waals surface area contributed by atoms with Crippen LogP contribution in [0.2, 0.25) is 0 Å². The van der Waals surface area contributed by atoms with Gasteiger partial charge in [-0.2, -0.15) is 0 Å². The summed E-state index contributed by atoms with van der Waals surface area (Å²) >= 11 is 0.